The van der Waals surface area contributed by atoms with E-state index >= 15 is 0 Å². The zero-order chi connectivity index (χ0) is 15.4. The molecule has 21 heavy (non-hydrogen) atoms. The van der Waals surface area contributed by atoms with Gasteiger partial charge in [-0.05, 0) is 36.8 Å². The molecule has 0 aliphatic carbocycles. The Morgan fingerprint density at radius 3 is 2.43 bits per heavy atom. The van der Waals surface area contributed by atoms with E-state index in [9.17, 15) is 13.6 Å². The van der Waals surface area contributed by atoms with Gasteiger partial charge in [0.15, 0.2) is 0 Å². The number of ether oxygens (including phenoxy) is 1. The maximum atomic E-state index is 12.2. The van der Waals surface area contributed by atoms with Gasteiger partial charge in [0.1, 0.15) is 5.75 Å². The fraction of sp³-hybridized carbons (Fsp3) is 0.267. The van der Waals surface area contributed by atoms with Crippen LogP contribution in [0.4, 0.5) is 8.78 Å². The molecule has 0 N–H and O–H groups in total. The van der Waals surface area contributed by atoms with Crippen molar-refractivity contribution in [2.45, 2.75) is 20.1 Å². The number of carbonyl (C=O) groups excluding carboxylic acids is 1. The Kier molecular flexibility index (Phi) is 4.90. The standard InChI is InChI=1S/C15H15F2NO2S/c1-10-3-8-13(21-10)14(19)18(2)9-11-4-6-12(7-5-11)20-15(16)17/h3-8,15H,9H2,1-2H3. The van der Waals surface area contributed by atoms with Crippen molar-refractivity contribution in [3.8, 4) is 5.75 Å². The van der Waals surface area contributed by atoms with E-state index in [1.54, 1.807) is 30.1 Å². The number of thiophene rings is 1. The molecule has 1 aromatic carbocycles. The lowest BCUT2D eigenvalue weighted by atomic mass is 10.2. The first-order valence-corrected chi connectivity index (χ1v) is 7.13. The van der Waals surface area contributed by atoms with E-state index in [0.717, 1.165) is 10.4 Å². The van der Waals surface area contributed by atoms with Gasteiger partial charge in [0, 0.05) is 18.5 Å². The Hall–Kier alpha value is -1.95. The van der Waals surface area contributed by atoms with Crippen LogP contribution >= 0.6 is 11.3 Å². The molecule has 0 aliphatic rings. The average Bonchev–Trinajstić information content (AvgIpc) is 2.86. The molecule has 2 rings (SSSR count). The molecule has 0 radical (unpaired) electrons. The molecule has 0 unspecified atom stereocenters. The van der Waals surface area contributed by atoms with Gasteiger partial charge in [0.2, 0.25) is 0 Å². The van der Waals surface area contributed by atoms with E-state index in [-0.39, 0.29) is 11.7 Å². The molecule has 3 nitrogen and oxygen atoms in total. The second-order valence-corrected chi connectivity index (χ2v) is 5.88. The van der Waals surface area contributed by atoms with Crippen LogP contribution in [0.2, 0.25) is 0 Å². The summed E-state index contributed by atoms with van der Waals surface area (Å²) >= 11 is 1.45. The molecule has 6 heteroatoms. The van der Waals surface area contributed by atoms with Crippen molar-refractivity contribution < 1.29 is 18.3 Å². The van der Waals surface area contributed by atoms with E-state index in [0.29, 0.717) is 11.4 Å². The van der Waals surface area contributed by atoms with Crippen molar-refractivity contribution in [3.05, 3.63) is 51.7 Å². The van der Waals surface area contributed by atoms with E-state index in [2.05, 4.69) is 4.74 Å². The predicted molar refractivity (Wildman–Crippen MR) is 77.9 cm³/mol. The minimum absolute atomic E-state index is 0.0546. The molecule has 0 fully saturated rings. The number of alkyl halides is 2. The van der Waals surface area contributed by atoms with Crippen LogP contribution in [0.3, 0.4) is 0 Å². The average molecular weight is 311 g/mol. The molecular formula is C15H15F2NO2S. The third-order valence-electron chi connectivity index (χ3n) is 2.87. The molecule has 1 aromatic heterocycles. The highest BCUT2D eigenvalue weighted by Crippen LogP contribution is 2.19. The van der Waals surface area contributed by atoms with Gasteiger partial charge in [0.05, 0.1) is 4.88 Å². The number of aryl methyl sites for hydroxylation is 1. The lowest BCUT2D eigenvalue weighted by Crippen LogP contribution is -2.25. The van der Waals surface area contributed by atoms with E-state index in [1.165, 1.54) is 23.5 Å². The molecule has 1 amide bonds. The van der Waals surface area contributed by atoms with Crippen LogP contribution in [-0.4, -0.2) is 24.5 Å². The summed E-state index contributed by atoms with van der Waals surface area (Å²) < 4.78 is 28.4. The predicted octanol–water partition coefficient (Wildman–Crippen LogP) is 3.93. The Balaban J connectivity index is 1.99. The van der Waals surface area contributed by atoms with Gasteiger partial charge in [0.25, 0.3) is 5.91 Å². The monoisotopic (exact) mass is 311 g/mol. The van der Waals surface area contributed by atoms with E-state index in [4.69, 9.17) is 0 Å². The molecule has 0 aliphatic heterocycles. The number of amides is 1. The molecule has 0 spiro atoms. The van der Waals surface area contributed by atoms with Crippen molar-refractivity contribution in [2.24, 2.45) is 0 Å². The van der Waals surface area contributed by atoms with Crippen LogP contribution in [0.15, 0.2) is 36.4 Å². The maximum Gasteiger partial charge on any atom is 0.387 e. The number of carbonyl (C=O) groups is 1. The molecule has 1 heterocycles. The van der Waals surface area contributed by atoms with Crippen LogP contribution < -0.4 is 4.74 Å². The largest absolute Gasteiger partial charge is 0.435 e. The van der Waals surface area contributed by atoms with Crippen molar-refractivity contribution >= 4 is 17.2 Å². The van der Waals surface area contributed by atoms with Crippen LogP contribution in [0.1, 0.15) is 20.1 Å². The van der Waals surface area contributed by atoms with Gasteiger partial charge in [-0.3, -0.25) is 4.79 Å². The third kappa shape index (κ3) is 4.26. The molecule has 112 valence electrons. The number of hydrogen-bond donors (Lipinski definition) is 0. The van der Waals surface area contributed by atoms with Crippen molar-refractivity contribution in [1.29, 1.82) is 0 Å². The summed E-state index contributed by atoms with van der Waals surface area (Å²) in [6.07, 6.45) is 0. The first kappa shape index (κ1) is 15.4. The van der Waals surface area contributed by atoms with Gasteiger partial charge in [-0.25, -0.2) is 0 Å². The molecule has 0 bridgehead atoms. The summed E-state index contributed by atoms with van der Waals surface area (Å²) in [5, 5.41) is 0. The highest BCUT2D eigenvalue weighted by Gasteiger charge is 2.14. The second kappa shape index (κ2) is 6.67. The second-order valence-electron chi connectivity index (χ2n) is 4.59. The molecule has 0 saturated heterocycles. The van der Waals surface area contributed by atoms with Gasteiger partial charge in [-0.15, -0.1) is 11.3 Å². The molecule has 2 aromatic rings. The fourth-order valence-corrected chi connectivity index (χ4v) is 2.72. The van der Waals surface area contributed by atoms with Crippen molar-refractivity contribution in [2.75, 3.05) is 7.05 Å². The van der Waals surface area contributed by atoms with Crippen LogP contribution in [0.25, 0.3) is 0 Å². The third-order valence-corrected chi connectivity index (χ3v) is 3.85. The number of halogens is 2. The zero-order valence-corrected chi connectivity index (χ0v) is 12.5. The van der Waals surface area contributed by atoms with Crippen LogP contribution in [0, 0.1) is 6.92 Å². The zero-order valence-electron chi connectivity index (χ0n) is 11.7. The highest BCUT2D eigenvalue weighted by atomic mass is 32.1. The van der Waals surface area contributed by atoms with Gasteiger partial charge in [-0.2, -0.15) is 8.78 Å². The summed E-state index contributed by atoms with van der Waals surface area (Å²) in [7, 11) is 1.71. The first-order valence-electron chi connectivity index (χ1n) is 6.31. The highest BCUT2D eigenvalue weighted by molar-refractivity contribution is 7.13. The number of hydrogen-bond acceptors (Lipinski definition) is 3. The Morgan fingerprint density at radius 2 is 1.90 bits per heavy atom. The molecule has 0 saturated carbocycles. The minimum Gasteiger partial charge on any atom is -0.435 e. The summed E-state index contributed by atoms with van der Waals surface area (Å²) in [6, 6.07) is 9.98. The molecular weight excluding hydrogens is 296 g/mol. The fourth-order valence-electron chi connectivity index (χ4n) is 1.86. The van der Waals surface area contributed by atoms with Gasteiger partial charge < -0.3 is 9.64 Å². The van der Waals surface area contributed by atoms with Gasteiger partial charge >= 0.3 is 6.61 Å². The Morgan fingerprint density at radius 1 is 1.24 bits per heavy atom. The van der Waals surface area contributed by atoms with E-state index in [1.807, 2.05) is 13.0 Å². The molecule has 0 atom stereocenters. The Bertz CT molecular complexity index is 610. The summed E-state index contributed by atoms with van der Waals surface area (Å²) in [5.74, 6) is 0.0534. The van der Waals surface area contributed by atoms with Crippen LogP contribution in [0.5, 0.6) is 5.75 Å². The summed E-state index contributed by atoms with van der Waals surface area (Å²) in [5.41, 5.74) is 0.848. The Labute approximate surface area is 125 Å². The van der Waals surface area contributed by atoms with Crippen molar-refractivity contribution in [3.63, 3.8) is 0 Å². The van der Waals surface area contributed by atoms with Crippen molar-refractivity contribution in [1.82, 2.24) is 4.90 Å². The SMILES string of the molecule is Cc1ccc(C(=O)N(C)Cc2ccc(OC(F)F)cc2)s1. The normalized spacial score (nSPS) is 10.7. The first-order chi connectivity index (χ1) is 9.95. The van der Waals surface area contributed by atoms with E-state index < -0.39 is 6.61 Å². The minimum atomic E-state index is -2.83. The topological polar surface area (TPSA) is 29.5 Å². The summed E-state index contributed by atoms with van der Waals surface area (Å²) in [4.78, 5) is 15.5. The quantitative estimate of drug-likeness (QED) is 0.837. The number of rotatable bonds is 5. The maximum absolute atomic E-state index is 12.2. The number of benzene rings is 1. The number of nitrogens with zero attached hydrogens (tertiary/aromatic N) is 1. The lowest BCUT2D eigenvalue weighted by Gasteiger charge is -2.16. The lowest BCUT2D eigenvalue weighted by molar-refractivity contribution is -0.0498. The van der Waals surface area contributed by atoms with Gasteiger partial charge in [-0.1, -0.05) is 12.1 Å². The smallest absolute Gasteiger partial charge is 0.387 e. The van der Waals surface area contributed by atoms with Crippen LogP contribution in [-0.2, 0) is 6.54 Å². The summed E-state index contributed by atoms with van der Waals surface area (Å²) in [6.45, 7) is -0.476.